The van der Waals surface area contributed by atoms with Crippen molar-refractivity contribution in [1.29, 1.82) is 0 Å². The molecule has 1 aromatic carbocycles. The molecule has 1 N–H and O–H groups in total. The number of amides is 1. The van der Waals surface area contributed by atoms with Crippen LogP contribution in [0.1, 0.15) is 43.9 Å². The number of carbonyl (C=O) groups is 1. The molecule has 1 aliphatic carbocycles. The van der Waals surface area contributed by atoms with Crippen LogP contribution in [-0.2, 0) is 4.79 Å². The van der Waals surface area contributed by atoms with E-state index in [4.69, 9.17) is 11.6 Å². The lowest BCUT2D eigenvalue weighted by Gasteiger charge is -2.18. The molecule has 21 heavy (non-hydrogen) atoms. The van der Waals surface area contributed by atoms with E-state index in [9.17, 15) is 9.18 Å². The van der Waals surface area contributed by atoms with Gasteiger partial charge in [0, 0.05) is 6.04 Å². The number of para-hydroxylation sites is 1. The molecule has 112 valence electrons. The Kier molecular flexibility index (Phi) is 3.61. The summed E-state index contributed by atoms with van der Waals surface area (Å²) in [4.78, 5) is 16.6. The minimum absolute atomic E-state index is 0.0837. The highest BCUT2D eigenvalue weighted by atomic mass is 35.5. The van der Waals surface area contributed by atoms with Crippen molar-refractivity contribution in [2.75, 3.05) is 0 Å². The Labute approximate surface area is 127 Å². The summed E-state index contributed by atoms with van der Waals surface area (Å²) in [6.07, 6.45) is 2.05. The smallest absolute Gasteiger partial charge is 0.243 e. The zero-order valence-corrected chi connectivity index (χ0v) is 12.7. The molecule has 0 saturated heterocycles. The summed E-state index contributed by atoms with van der Waals surface area (Å²) in [5.74, 6) is 0.0226. The first kappa shape index (κ1) is 14.3. The molecule has 0 spiro atoms. The van der Waals surface area contributed by atoms with Gasteiger partial charge in [-0.15, -0.1) is 11.6 Å². The van der Waals surface area contributed by atoms with E-state index in [2.05, 4.69) is 10.3 Å². The minimum Gasteiger partial charge on any atom is -0.352 e. The molecule has 0 radical (unpaired) electrons. The highest BCUT2D eigenvalue weighted by Gasteiger charge is 2.29. The van der Waals surface area contributed by atoms with Gasteiger partial charge in [-0.3, -0.25) is 4.79 Å². The van der Waals surface area contributed by atoms with E-state index >= 15 is 0 Å². The lowest BCUT2D eigenvalue weighted by Crippen LogP contribution is -2.33. The number of nitrogens with one attached hydrogen (secondary N) is 1. The number of rotatable bonds is 4. The lowest BCUT2D eigenvalue weighted by atomic mass is 10.2. The summed E-state index contributed by atoms with van der Waals surface area (Å²) in [6.45, 7) is 3.55. The Balaban J connectivity index is 2.07. The van der Waals surface area contributed by atoms with E-state index in [1.54, 1.807) is 30.5 Å². The second kappa shape index (κ2) is 5.30. The summed E-state index contributed by atoms with van der Waals surface area (Å²) in [7, 11) is 0. The summed E-state index contributed by atoms with van der Waals surface area (Å²) < 4.78 is 15.6. The van der Waals surface area contributed by atoms with Crippen LogP contribution in [-0.4, -0.2) is 21.5 Å². The number of hydrogen-bond acceptors (Lipinski definition) is 2. The summed E-state index contributed by atoms with van der Waals surface area (Å²) >= 11 is 6.16. The van der Waals surface area contributed by atoms with Gasteiger partial charge in [0.1, 0.15) is 17.4 Å². The van der Waals surface area contributed by atoms with Gasteiger partial charge in [-0.25, -0.2) is 9.37 Å². The Bertz CT molecular complexity index is 694. The van der Waals surface area contributed by atoms with Crippen molar-refractivity contribution in [2.24, 2.45) is 0 Å². The number of carbonyl (C=O) groups excluding carboxylic acids is 1. The van der Waals surface area contributed by atoms with E-state index in [1.807, 2.05) is 0 Å². The first-order chi connectivity index (χ1) is 9.99. The average molecular weight is 310 g/mol. The third kappa shape index (κ3) is 2.62. The topological polar surface area (TPSA) is 46.9 Å². The molecule has 3 rings (SSSR count). The number of alkyl halides is 1. The largest absolute Gasteiger partial charge is 0.352 e. The van der Waals surface area contributed by atoms with E-state index in [1.165, 1.54) is 6.07 Å². The van der Waals surface area contributed by atoms with Crippen LogP contribution in [0, 0.1) is 5.82 Å². The highest BCUT2D eigenvalue weighted by molar-refractivity contribution is 6.20. The Morgan fingerprint density at radius 1 is 1.48 bits per heavy atom. The van der Waals surface area contributed by atoms with Gasteiger partial charge in [0.05, 0.1) is 10.9 Å². The van der Waals surface area contributed by atoms with Crippen molar-refractivity contribution in [3.8, 4) is 0 Å². The van der Waals surface area contributed by atoms with Gasteiger partial charge in [-0.2, -0.15) is 0 Å². The molecule has 2 aromatic rings. The summed E-state index contributed by atoms with van der Waals surface area (Å²) in [6, 6.07) is 4.54. The Morgan fingerprint density at radius 3 is 2.81 bits per heavy atom. The molecular weight excluding hydrogens is 293 g/mol. The van der Waals surface area contributed by atoms with Crippen LogP contribution >= 0.6 is 11.6 Å². The molecule has 2 atom stereocenters. The first-order valence-electron chi connectivity index (χ1n) is 7.10. The van der Waals surface area contributed by atoms with Crippen LogP contribution in [0.15, 0.2) is 18.2 Å². The second-order valence-electron chi connectivity index (χ2n) is 5.52. The van der Waals surface area contributed by atoms with Crippen molar-refractivity contribution in [1.82, 2.24) is 14.9 Å². The third-order valence-electron chi connectivity index (χ3n) is 3.74. The van der Waals surface area contributed by atoms with Crippen molar-refractivity contribution < 1.29 is 9.18 Å². The van der Waals surface area contributed by atoms with Gasteiger partial charge < -0.3 is 9.88 Å². The van der Waals surface area contributed by atoms with Crippen molar-refractivity contribution in [3.63, 3.8) is 0 Å². The van der Waals surface area contributed by atoms with E-state index in [0.29, 0.717) is 11.3 Å². The molecule has 1 aliphatic rings. The fourth-order valence-electron chi connectivity index (χ4n) is 2.46. The van der Waals surface area contributed by atoms with Crippen LogP contribution in [0.2, 0.25) is 0 Å². The maximum atomic E-state index is 13.9. The standard InChI is InChI=1S/C15H17ClFN3O/c1-8(16)14-19-13-11(17)4-3-5-12(13)20(14)9(2)15(21)18-10-6-7-10/h3-5,8-10H,6-7H2,1-2H3,(H,18,21). The number of fused-ring (bicyclic) bond motifs is 1. The van der Waals surface area contributed by atoms with Crippen LogP contribution in [0.5, 0.6) is 0 Å². The second-order valence-corrected chi connectivity index (χ2v) is 6.18. The molecule has 1 amide bonds. The number of benzene rings is 1. The van der Waals surface area contributed by atoms with Crippen LogP contribution in [0.3, 0.4) is 0 Å². The van der Waals surface area contributed by atoms with Crippen molar-refractivity contribution in [2.45, 2.75) is 44.1 Å². The molecule has 1 heterocycles. The molecule has 2 unspecified atom stereocenters. The number of hydrogen-bond donors (Lipinski definition) is 1. The van der Waals surface area contributed by atoms with Gasteiger partial charge >= 0.3 is 0 Å². The monoisotopic (exact) mass is 309 g/mol. The average Bonchev–Trinajstić information content (AvgIpc) is 3.15. The van der Waals surface area contributed by atoms with Gasteiger partial charge in [0.25, 0.3) is 0 Å². The van der Waals surface area contributed by atoms with Gasteiger partial charge in [-0.1, -0.05) is 6.07 Å². The van der Waals surface area contributed by atoms with Gasteiger partial charge in [-0.05, 0) is 38.8 Å². The Morgan fingerprint density at radius 2 is 2.19 bits per heavy atom. The first-order valence-corrected chi connectivity index (χ1v) is 7.53. The molecule has 4 nitrogen and oxygen atoms in total. The number of imidazole rings is 1. The van der Waals surface area contributed by atoms with Crippen LogP contribution < -0.4 is 5.32 Å². The molecule has 0 bridgehead atoms. The maximum absolute atomic E-state index is 13.9. The van der Waals surface area contributed by atoms with Crippen molar-refractivity contribution in [3.05, 3.63) is 29.8 Å². The normalized spacial score (nSPS) is 17.7. The molecule has 1 fully saturated rings. The minimum atomic E-state index is -0.478. The van der Waals surface area contributed by atoms with Crippen LogP contribution in [0.4, 0.5) is 4.39 Å². The van der Waals surface area contributed by atoms with Gasteiger partial charge in [0.15, 0.2) is 5.82 Å². The van der Waals surface area contributed by atoms with E-state index in [0.717, 1.165) is 12.8 Å². The SMILES string of the molecule is CC(Cl)c1nc2c(F)cccc2n1C(C)C(=O)NC1CC1. The summed E-state index contributed by atoms with van der Waals surface area (Å²) in [5, 5.41) is 2.55. The zero-order valence-electron chi connectivity index (χ0n) is 11.9. The molecule has 6 heteroatoms. The molecule has 0 aliphatic heterocycles. The van der Waals surface area contributed by atoms with Gasteiger partial charge in [0.2, 0.25) is 5.91 Å². The number of nitrogens with zero attached hydrogens (tertiary/aromatic N) is 2. The maximum Gasteiger partial charge on any atom is 0.243 e. The molecule has 1 saturated carbocycles. The lowest BCUT2D eigenvalue weighted by molar-refractivity contribution is -0.124. The molecular formula is C15H17ClFN3O. The van der Waals surface area contributed by atoms with Crippen LogP contribution in [0.25, 0.3) is 11.0 Å². The number of aromatic nitrogens is 2. The number of halogens is 2. The van der Waals surface area contributed by atoms with E-state index < -0.39 is 17.2 Å². The molecule has 1 aromatic heterocycles. The fourth-order valence-corrected chi connectivity index (χ4v) is 2.61. The Hall–Kier alpha value is -1.62. The van der Waals surface area contributed by atoms with Crippen molar-refractivity contribution >= 4 is 28.5 Å². The summed E-state index contributed by atoms with van der Waals surface area (Å²) in [5.41, 5.74) is 0.849. The zero-order chi connectivity index (χ0) is 15.1. The predicted octanol–water partition coefficient (Wildman–Crippen LogP) is 3.31. The fraction of sp³-hybridized carbons (Fsp3) is 0.467. The predicted molar refractivity (Wildman–Crippen MR) is 79.8 cm³/mol. The quantitative estimate of drug-likeness (QED) is 0.881. The highest BCUT2D eigenvalue weighted by Crippen LogP contribution is 2.30. The third-order valence-corrected chi connectivity index (χ3v) is 3.94. The van der Waals surface area contributed by atoms with E-state index in [-0.39, 0.29) is 17.5 Å².